The molecule has 22 heavy (non-hydrogen) atoms. The molecule has 2 aliphatic rings. The van der Waals surface area contributed by atoms with Crippen LogP contribution in [0.3, 0.4) is 0 Å². The number of anilines is 1. The van der Waals surface area contributed by atoms with Gasteiger partial charge in [-0.1, -0.05) is 18.2 Å². The lowest BCUT2D eigenvalue weighted by atomic mass is 10.2. The van der Waals surface area contributed by atoms with Gasteiger partial charge in [0, 0.05) is 31.9 Å². The molecule has 3 rings (SSSR count). The minimum absolute atomic E-state index is 0.0130. The molecule has 2 fully saturated rings. The number of hydrogen-bond acceptors (Lipinski definition) is 5. The third-order valence-corrected chi connectivity index (χ3v) is 8.64. The van der Waals surface area contributed by atoms with Gasteiger partial charge in [-0.15, -0.1) is 0 Å². The summed E-state index contributed by atoms with van der Waals surface area (Å²) in [5.74, 6) is -0.241. The lowest BCUT2D eigenvalue weighted by Gasteiger charge is -2.36. The van der Waals surface area contributed by atoms with Crippen molar-refractivity contribution < 1.29 is 16.8 Å². The minimum Gasteiger partial charge on any atom is -0.369 e. The van der Waals surface area contributed by atoms with E-state index in [1.165, 1.54) is 4.31 Å². The third kappa shape index (κ3) is 3.13. The Morgan fingerprint density at radius 2 is 1.64 bits per heavy atom. The smallest absolute Gasteiger partial charge is 0.218 e. The number of benzene rings is 1. The summed E-state index contributed by atoms with van der Waals surface area (Å²) in [4.78, 5) is 2.15. The average molecular weight is 344 g/mol. The molecule has 0 aromatic heterocycles. The molecule has 0 amide bonds. The maximum absolute atomic E-state index is 12.6. The van der Waals surface area contributed by atoms with Gasteiger partial charge in [-0.05, 0) is 18.6 Å². The molecule has 1 aromatic rings. The van der Waals surface area contributed by atoms with Crippen LogP contribution < -0.4 is 4.90 Å². The number of hydrogen-bond donors (Lipinski definition) is 0. The maximum Gasteiger partial charge on any atom is 0.218 e. The monoisotopic (exact) mass is 344 g/mol. The van der Waals surface area contributed by atoms with E-state index in [1.54, 1.807) is 0 Å². The van der Waals surface area contributed by atoms with Gasteiger partial charge in [-0.3, -0.25) is 0 Å². The first-order valence-electron chi connectivity index (χ1n) is 7.38. The molecule has 0 radical (unpaired) electrons. The van der Waals surface area contributed by atoms with Gasteiger partial charge in [-0.2, -0.15) is 4.31 Å². The summed E-state index contributed by atoms with van der Waals surface area (Å²) in [6.07, 6.45) is 0.226. The fourth-order valence-corrected chi connectivity index (χ4v) is 7.56. The molecule has 2 saturated heterocycles. The van der Waals surface area contributed by atoms with Gasteiger partial charge < -0.3 is 4.90 Å². The number of piperazine rings is 1. The molecule has 122 valence electrons. The van der Waals surface area contributed by atoms with E-state index in [-0.39, 0.29) is 17.9 Å². The highest BCUT2D eigenvalue weighted by Crippen LogP contribution is 2.24. The summed E-state index contributed by atoms with van der Waals surface area (Å²) < 4.78 is 49.6. The zero-order valence-corrected chi connectivity index (χ0v) is 13.9. The van der Waals surface area contributed by atoms with E-state index in [0.717, 1.165) is 5.69 Å². The molecule has 1 atom stereocenters. The molecule has 0 unspecified atom stereocenters. The van der Waals surface area contributed by atoms with Gasteiger partial charge in [0.15, 0.2) is 9.84 Å². The molecule has 0 spiro atoms. The summed E-state index contributed by atoms with van der Waals surface area (Å²) in [7, 11) is -6.70. The highest BCUT2D eigenvalue weighted by molar-refractivity contribution is 7.95. The molecular formula is C14H20N2O4S2. The van der Waals surface area contributed by atoms with Crippen molar-refractivity contribution >= 4 is 25.5 Å². The van der Waals surface area contributed by atoms with E-state index in [9.17, 15) is 16.8 Å². The van der Waals surface area contributed by atoms with Crippen molar-refractivity contribution in [3.63, 3.8) is 0 Å². The van der Waals surface area contributed by atoms with Crippen molar-refractivity contribution in [2.24, 2.45) is 0 Å². The predicted octanol–water partition coefficient (Wildman–Crippen LogP) is 0.326. The Kier molecular flexibility index (Phi) is 4.17. The van der Waals surface area contributed by atoms with Gasteiger partial charge in [0.05, 0.1) is 16.8 Å². The lowest BCUT2D eigenvalue weighted by Crippen LogP contribution is -2.51. The topological polar surface area (TPSA) is 74.8 Å². The fraction of sp³-hybridized carbons (Fsp3) is 0.571. The van der Waals surface area contributed by atoms with Crippen molar-refractivity contribution in [1.82, 2.24) is 4.31 Å². The van der Waals surface area contributed by atoms with Crippen molar-refractivity contribution in [1.29, 1.82) is 0 Å². The Morgan fingerprint density at radius 3 is 2.18 bits per heavy atom. The molecule has 0 aliphatic carbocycles. The molecule has 6 nitrogen and oxygen atoms in total. The Balaban J connectivity index is 1.66. The standard InChI is InChI=1S/C14H20N2O4S2/c17-21(18)11-6-14(12-21)22(19,20)16-9-7-15(8-10-16)13-4-2-1-3-5-13/h1-5,14H,6-12H2/t14-/m0/s1. The number of sulfonamides is 1. The molecule has 8 heteroatoms. The molecule has 1 aromatic carbocycles. The number of para-hydroxylation sites is 1. The van der Waals surface area contributed by atoms with E-state index in [4.69, 9.17) is 0 Å². The summed E-state index contributed by atoms with van der Waals surface area (Å²) in [5.41, 5.74) is 1.09. The summed E-state index contributed by atoms with van der Waals surface area (Å²) in [5, 5.41) is -0.763. The Morgan fingerprint density at radius 1 is 1.00 bits per heavy atom. The van der Waals surface area contributed by atoms with Crippen molar-refractivity contribution in [3.05, 3.63) is 30.3 Å². The van der Waals surface area contributed by atoms with Gasteiger partial charge >= 0.3 is 0 Å². The van der Waals surface area contributed by atoms with E-state index < -0.39 is 25.1 Å². The van der Waals surface area contributed by atoms with Crippen LogP contribution in [0.1, 0.15) is 6.42 Å². The van der Waals surface area contributed by atoms with Crippen LogP contribution >= 0.6 is 0 Å². The first kappa shape index (κ1) is 15.8. The van der Waals surface area contributed by atoms with Crippen molar-refractivity contribution in [2.75, 3.05) is 42.6 Å². The van der Waals surface area contributed by atoms with Crippen LogP contribution in [-0.4, -0.2) is 64.1 Å². The SMILES string of the molecule is O=S1(=O)CC[C@H](S(=O)(=O)N2CCN(c3ccccc3)CC2)C1. The second-order valence-corrected chi connectivity index (χ2v) is 10.2. The maximum atomic E-state index is 12.6. The first-order valence-corrected chi connectivity index (χ1v) is 10.7. The van der Waals surface area contributed by atoms with Crippen LogP contribution in [-0.2, 0) is 19.9 Å². The Labute approximate surface area is 131 Å². The average Bonchev–Trinajstić information content (AvgIpc) is 2.89. The number of nitrogens with zero attached hydrogens (tertiary/aromatic N) is 2. The van der Waals surface area contributed by atoms with Crippen LogP contribution in [0.4, 0.5) is 5.69 Å². The number of rotatable bonds is 3. The van der Waals surface area contributed by atoms with E-state index in [0.29, 0.717) is 26.2 Å². The van der Waals surface area contributed by atoms with E-state index in [2.05, 4.69) is 4.90 Å². The zero-order valence-electron chi connectivity index (χ0n) is 12.3. The molecule has 0 N–H and O–H groups in total. The quantitative estimate of drug-likeness (QED) is 0.790. The van der Waals surface area contributed by atoms with Crippen molar-refractivity contribution in [3.8, 4) is 0 Å². The summed E-state index contributed by atoms with van der Waals surface area (Å²) >= 11 is 0. The third-order valence-electron chi connectivity index (χ3n) is 4.33. The Hall–Kier alpha value is -1.12. The molecule has 2 heterocycles. The summed E-state index contributed by atoms with van der Waals surface area (Å²) in [6.45, 7) is 2.08. The second-order valence-electron chi connectivity index (χ2n) is 5.79. The predicted molar refractivity (Wildman–Crippen MR) is 86.2 cm³/mol. The van der Waals surface area contributed by atoms with E-state index >= 15 is 0 Å². The Bertz CT molecular complexity index is 723. The molecule has 0 bridgehead atoms. The molecular weight excluding hydrogens is 324 g/mol. The second kappa shape index (κ2) is 5.82. The fourth-order valence-electron chi connectivity index (χ4n) is 3.05. The largest absolute Gasteiger partial charge is 0.369 e. The van der Waals surface area contributed by atoms with Crippen molar-refractivity contribution in [2.45, 2.75) is 11.7 Å². The molecule has 2 aliphatic heterocycles. The van der Waals surface area contributed by atoms with Gasteiger partial charge in [0.2, 0.25) is 10.0 Å². The van der Waals surface area contributed by atoms with Gasteiger partial charge in [-0.25, -0.2) is 16.8 Å². The van der Waals surface area contributed by atoms with Crippen LogP contribution in [0.2, 0.25) is 0 Å². The highest BCUT2D eigenvalue weighted by Gasteiger charge is 2.41. The minimum atomic E-state index is -3.51. The lowest BCUT2D eigenvalue weighted by molar-refractivity contribution is 0.380. The van der Waals surface area contributed by atoms with Crippen LogP contribution in [0, 0.1) is 0 Å². The zero-order chi connectivity index (χ0) is 15.8. The van der Waals surface area contributed by atoms with Crippen LogP contribution in [0.15, 0.2) is 30.3 Å². The van der Waals surface area contributed by atoms with Gasteiger partial charge in [0.25, 0.3) is 0 Å². The molecule has 0 saturated carbocycles. The van der Waals surface area contributed by atoms with Gasteiger partial charge in [0.1, 0.15) is 0 Å². The van der Waals surface area contributed by atoms with Crippen LogP contribution in [0.25, 0.3) is 0 Å². The van der Waals surface area contributed by atoms with Crippen LogP contribution in [0.5, 0.6) is 0 Å². The number of sulfone groups is 1. The highest BCUT2D eigenvalue weighted by atomic mass is 32.2. The van der Waals surface area contributed by atoms with E-state index in [1.807, 2.05) is 30.3 Å². The first-order chi connectivity index (χ1) is 10.4. The normalized spacial score (nSPS) is 26.2. The summed E-state index contributed by atoms with van der Waals surface area (Å²) in [6, 6.07) is 9.88.